The summed E-state index contributed by atoms with van der Waals surface area (Å²) in [7, 11) is -3.80. The molecule has 0 spiro atoms. The molecule has 1 aromatic carbocycles. The van der Waals surface area contributed by atoms with Crippen molar-refractivity contribution in [3.05, 3.63) is 33.9 Å². The molecule has 1 heterocycles. The van der Waals surface area contributed by atoms with Crippen molar-refractivity contribution in [1.29, 1.82) is 0 Å². The van der Waals surface area contributed by atoms with Gasteiger partial charge >= 0.3 is 24.3 Å². The van der Waals surface area contributed by atoms with E-state index < -0.39 is 87.0 Å². The monoisotopic (exact) mass is 710 g/mol. The summed E-state index contributed by atoms with van der Waals surface area (Å²) in [4.78, 5) is 37.9. The fourth-order valence-electron chi connectivity index (χ4n) is 5.04. The number of imide groups is 1. The minimum atomic E-state index is -5.68. The van der Waals surface area contributed by atoms with Gasteiger partial charge in [0.25, 0.3) is 11.6 Å². The van der Waals surface area contributed by atoms with Crippen LogP contribution in [0.2, 0.25) is 0 Å². The standard InChI is InChI=1S/C28H38F8N4O6S/c1-25(2)23(41)39(20-13-14-22(40(43)44)21(19-20)27(31,32)33)24(42)38(25)17-10-8-6-4-3-5-7-9-11-18-47(45,46)37-16-12-15-26(29,30)28(34,35)36/h13-14,19,37H,3-12,15-18H2,1-2H3. The van der Waals surface area contributed by atoms with Gasteiger partial charge < -0.3 is 4.90 Å². The number of anilines is 1. The summed E-state index contributed by atoms with van der Waals surface area (Å²) < 4.78 is 128. The van der Waals surface area contributed by atoms with Gasteiger partial charge in [-0.2, -0.15) is 35.1 Å². The number of rotatable bonds is 19. The first-order valence-corrected chi connectivity index (χ1v) is 16.6. The second-order valence-electron chi connectivity index (χ2n) is 11.8. The van der Waals surface area contributed by atoms with Gasteiger partial charge in [-0.25, -0.2) is 22.8 Å². The van der Waals surface area contributed by atoms with Crippen LogP contribution in [0.4, 0.5) is 51.3 Å². The van der Waals surface area contributed by atoms with Crippen LogP contribution in [-0.2, 0) is 21.0 Å². The van der Waals surface area contributed by atoms with E-state index in [4.69, 9.17) is 0 Å². The molecule has 0 radical (unpaired) electrons. The van der Waals surface area contributed by atoms with Gasteiger partial charge in [0.1, 0.15) is 11.1 Å². The van der Waals surface area contributed by atoms with E-state index >= 15 is 0 Å². The summed E-state index contributed by atoms with van der Waals surface area (Å²) >= 11 is 0. The number of sulfonamides is 1. The van der Waals surface area contributed by atoms with Crippen molar-refractivity contribution in [3.8, 4) is 0 Å². The molecule has 1 fully saturated rings. The van der Waals surface area contributed by atoms with Crippen LogP contribution in [0.3, 0.4) is 0 Å². The Morgan fingerprint density at radius 2 is 1.38 bits per heavy atom. The van der Waals surface area contributed by atoms with Crippen LogP contribution >= 0.6 is 0 Å². The SMILES string of the molecule is CC1(C)C(=O)N(c2ccc([N+](=O)[O-])c(C(F)(F)F)c2)C(=O)N1CCCCCCCCCCCS(=O)(=O)NCCCC(F)(F)C(F)(F)F. The van der Waals surface area contributed by atoms with E-state index in [1.165, 1.54) is 18.7 Å². The van der Waals surface area contributed by atoms with E-state index in [9.17, 15) is 63.2 Å². The molecular weight excluding hydrogens is 672 g/mol. The maximum Gasteiger partial charge on any atom is 0.453 e. The number of hydrogen-bond acceptors (Lipinski definition) is 6. The van der Waals surface area contributed by atoms with Crippen molar-refractivity contribution in [3.63, 3.8) is 0 Å². The summed E-state index contributed by atoms with van der Waals surface area (Å²) in [6, 6.07) is 1.12. The van der Waals surface area contributed by atoms with Crippen molar-refractivity contribution in [2.24, 2.45) is 0 Å². The molecule has 268 valence electrons. The van der Waals surface area contributed by atoms with E-state index in [0.717, 1.165) is 38.2 Å². The normalized spacial score (nSPS) is 16.0. The number of urea groups is 1. The van der Waals surface area contributed by atoms with Gasteiger partial charge in [0.05, 0.1) is 16.4 Å². The second-order valence-corrected chi connectivity index (χ2v) is 13.7. The summed E-state index contributed by atoms with van der Waals surface area (Å²) in [6.45, 7) is 2.56. The van der Waals surface area contributed by atoms with Gasteiger partial charge in [-0.15, -0.1) is 0 Å². The summed E-state index contributed by atoms with van der Waals surface area (Å²) in [5, 5.41) is 11.1. The van der Waals surface area contributed by atoms with Gasteiger partial charge in [0.15, 0.2) is 0 Å². The minimum Gasteiger partial charge on any atom is -0.310 e. The Labute approximate surface area is 267 Å². The number of amides is 3. The zero-order valence-electron chi connectivity index (χ0n) is 25.9. The van der Waals surface area contributed by atoms with Gasteiger partial charge in [-0.1, -0.05) is 44.9 Å². The van der Waals surface area contributed by atoms with E-state index in [2.05, 4.69) is 0 Å². The summed E-state index contributed by atoms with van der Waals surface area (Å²) in [5.74, 6) is -5.92. The molecule has 19 heteroatoms. The van der Waals surface area contributed by atoms with Gasteiger partial charge in [0.2, 0.25) is 10.0 Å². The summed E-state index contributed by atoms with van der Waals surface area (Å²) in [5.41, 5.74) is -4.56. The third-order valence-electron chi connectivity index (χ3n) is 7.76. The highest BCUT2D eigenvalue weighted by atomic mass is 32.2. The van der Waals surface area contributed by atoms with Crippen molar-refractivity contribution >= 4 is 33.3 Å². The van der Waals surface area contributed by atoms with E-state index in [1.54, 1.807) is 0 Å². The number of carbonyl (C=O) groups excluding carboxylic acids is 2. The average molecular weight is 711 g/mol. The van der Waals surface area contributed by atoms with Crippen LogP contribution in [-0.4, -0.2) is 66.7 Å². The average Bonchev–Trinajstić information content (AvgIpc) is 3.11. The highest BCUT2D eigenvalue weighted by Crippen LogP contribution is 2.41. The number of hydrogen-bond donors (Lipinski definition) is 1. The molecule has 1 saturated heterocycles. The van der Waals surface area contributed by atoms with Crippen molar-refractivity contribution in [1.82, 2.24) is 9.62 Å². The Hall–Kier alpha value is -3.09. The Morgan fingerprint density at radius 1 is 0.851 bits per heavy atom. The highest BCUT2D eigenvalue weighted by Gasteiger charge is 2.56. The number of alkyl halides is 8. The molecule has 0 unspecified atom stereocenters. The van der Waals surface area contributed by atoms with Crippen LogP contribution in [0.15, 0.2) is 18.2 Å². The van der Waals surface area contributed by atoms with Gasteiger partial charge in [-0.05, 0) is 45.2 Å². The number of nitrogens with one attached hydrogen (secondary N) is 1. The highest BCUT2D eigenvalue weighted by molar-refractivity contribution is 7.89. The predicted molar refractivity (Wildman–Crippen MR) is 155 cm³/mol. The summed E-state index contributed by atoms with van der Waals surface area (Å²) in [6.07, 6.45) is -6.92. The molecule has 2 rings (SSSR count). The number of halogens is 8. The lowest BCUT2D eigenvalue weighted by Crippen LogP contribution is -2.44. The van der Waals surface area contributed by atoms with Crippen LogP contribution in [0.1, 0.15) is 90.0 Å². The lowest BCUT2D eigenvalue weighted by atomic mass is 10.0. The molecule has 0 aliphatic carbocycles. The number of nitro benzene ring substituents is 1. The van der Waals surface area contributed by atoms with Crippen LogP contribution in [0.5, 0.6) is 0 Å². The fourth-order valence-corrected chi connectivity index (χ4v) is 6.22. The lowest BCUT2D eigenvalue weighted by molar-refractivity contribution is -0.388. The lowest BCUT2D eigenvalue weighted by Gasteiger charge is -2.27. The van der Waals surface area contributed by atoms with Gasteiger partial charge in [0, 0.05) is 25.6 Å². The van der Waals surface area contributed by atoms with Crippen LogP contribution < -0.4 is 9.62 Å². The molecule has 3 amide bonds. The molecule has 0 saturated carbocycles. The Bertz CT molecular complexity index is 1370. The van der Waals surface area contributed by atoms with E-state index in [1.807, 2.05) is 4.72 Å². The van der Waals surface area contributed by atoms with Crippen molar-refractivity contribution < 1.29 is 58.1 Å². The molecule has 1 aliphatic heterocycles. The van der Waals surface area contributed by atoms with Crippen molar-refractivity contribution in [2.45, 2.75) is 108 Å². The van der Waals surface area contributed by atoms with Crippen LogP contribution in [0, 0.1) is 10.1 Å². The zero-order chi connectivity index (χ0) is 35.8. The smallest absolute Gasteiger partial charge is 0.310 e. The first kappa shape index (κ1) is 40.1. The van der Waals surface area contributed by atoms with E-state index in [0.29, 0.717) is 42.7 Å². The molecule has 1 aliphatic rings. The quantitative estimate of drug-likeness (QED) is 0.0519. The number of unbranched alkanes of at least 4 members (excludes halogenated alkanes) is 8. The number of nitro groups is 1. The molecule has 1 aromatic rings. The third-order valence-corrected chi connectivity index (χ3v) is 9.23. The molecule has 10 nitrogen and oxygen atoms in total. The largest absolute Gasteiger partial charge is 0.453 e. The molecular formula is C28H38F8N4O6S. The molecule has 1 N–H and O–H groups in total. The predicted octanol–water partition coefficient (Wildman–Crippen LogP) is 7.57. The number of nitrogens with zero attached hydrogens (tertiary/aromatic N) is 3. The molecule has 0 atom stereocenters. The Morgan fingerprint density at radius 3 is 1.89 bits per heavy atom. The van der Waals surface area contributed by atoms with Crippen molar-refractivity contribution in [2.75, 3.05) is 23.7 Å². The van der Waals surface area contributed by atoms with E-state index in [-0.39, 0.29) is 12.3 Å². The minimum absolute atomic E-state index is 0.153. The number of carbonyl (C=O) groups is 2. The van der Waals surface area contributed by atoms with Crippen LogP contribution in [0.25, 0.3) is 0 Å². The zero-order valence-corrected chi connectivity index (χ0v) is 26.7. The van der Waals surface area contributed by atoms with Gasteiger partial charge in [-0.3, -0.25) is 14.9 Å². The topological polar surface area (TPSA) is 130 Å². The first-order valence-electron chi connectivity index (χ1n) is 15.0. The molecule has 0 bridgehead atoms. The first-order chi connectivity index (χ1) is 21.5. The third kappa shape index (κ3) is 11.0. The second kappa shape index (κ2) is 15.9. The Balaban J connectivity index is 1.69. The maximum atomic E-state index is 13.4. The molecule has 47 heavy (non-hydrogen) atoms. The maximum absolute atomic E-state index is 13.4. The Kier molecular flexibility index (Phi) is 13.5. The number of benzene rings is 1. The fraction of sp³-hybridized carbons (Fsp3) is 0.714. The molecule has 0 aromatic heterocycles.